The van der Waals surface area contributed by atoms with Gasteiger partial charge < -0.3 is 5.32 Å². The minimum Gasteiger partial charge on any atom is -0.312 e. The van der Waals surface area contributed by atoms with E-state index in [0.29, 0.717) is 6.04 Å². The van der Waals surface area contributed by atoms with E-state index in [1.807, 2.05) is 6.08 Å². The Morgan fingerprint density at radius 3 is 2.76 bits per heavy atom. The number of nitrogens with zero attached hydrogens (tertiary/aromatic N) is 1. The van der Waals surface area contributed by atoms with E-state index in [4.69, 9.17) is 0 Å². The average Bonchev–Trinajstić information content (AvgIpc) is 2.79. The van der Waals surface area contributed by atoms with Gasteiger partial charge in [-0.05, 0) is 52.0 Å². The Bertz CT molecular complexity index is 267. The molecule has 2 fully saturated rings. The molecule has 1 N–H and O–H groups in total. The largest absolute Gasteiger partial charge is 0.312 e. The molecule has 0 bridgehead atoms. The summed E-state index contributed by atoms with van der Waals surface area (Å²) >= 11 is 0. The van der Waals surface area contributed by atoms with Crippen LogP contribution in [0.3, 0.4) is 0 Å². The number of rotatable bonds is 4. The van der Waals surface area contributed by atoms with Crippen LogP contribution in [0.25, 0.3) is 0 Å². The lowest BCUT2D eigenvalue weighted by atomic mass is 9.92. The molecule has 1 heterocycles. The summed E-state index contributed by atoms with van der Waals surface area (Å²) in [5.41, 5.74) is 0.243. The molecular weight excluding hydrogens is 208 g/mol. The van der Waals surface area contributed by atoms with E-state index in [1.165, 1.54) is 32.4 Å². The summed E-state index contributed by atoms with van der Waals surface area (Å²) in [6.07, 6.45) is 6.37. The monoisotopic (exact) mass is 236 g/mol. The lowest BCUT2D eigenvalue weighted by Crippen LogP contribution is -2.49. The molecule has 1 saturated heterocycles. The minimum atomic E-state index is 0.243. The minimum absolute atomic E-state index is 0.243. The van der Waals surface area contributed by atoms with Crippen LogP contribution in [0.15, 0.2) is 12.7 Å². The highest BCUT2D eigenvalue weighted by atomic mass is 15.2. The maximum absolute atomic E-state index is 3.89. The van der Waals surface area contributed by atoms with Crippen molar-refractivity contribution in [3.8, 4) is 0 Å². The Morgan fingerprint density at radius 2 is 2.12 bits per heavy atom. The summed E-state index contributed by atoms with van der Waals surface area (Å²) in [7, 11) is 0. The molecule has 0 aromatic carbocycles. The van der Waals surface area contributed by atoms with E-state index in [9.17, 15) is 0 Å². The molecule has 2 rings (SSSR count). The normalized spacial score (nSPS) is 33.1. The second kappa shape index (κ2) is 5.11. The van der Waals surface area contributed by atoms with Crippen molar-refractivity contribution in [3.63, 3.8) is 0 Å². The van der Waals surface area contributed by atoms with Crippen molar-refractivity contribution in [2.45, 2.75) is 51.6 Å². The summed E-state index contributed by atoms with van der Waals surface area (Å²) in [5, 5.41) is 3.74. The van der Waals surface area contributed by atoms with Crippen LogP contribution in [0.2, 0.25) is 0 Å². The molecule has 2 nitrogen and oxygen atoms in total. The van der Waals surface area contributed by atoms with Gasteiger partial charge in [-0.1, -0.05) is 12.5 Å². The highest BCUT2D eigenvalue weighted by Crippen LogP contribution is 2.38. The van der Waals surface area contributed by atoms with Gasteiger partial charge in [0.2, 0.25) is 0 Å². The van der Waals surface area contributed by atoms with Gasteiger partial charge in [0, 0.05) is 24.7 Å². The van der Waals surface area contributed by atoms with E-state index in [2.05, 4.69) is 37.6 Å². The van der Waals surface area contributed by atoms with Crippen molar-refractivity contribution in [3.05, 3.63) is 12.7 Å². The van der Waals surface area contributed by atoms with E-state index in [1.54, 1.807) is 0 Å². The molecule has 1 saturated carbocycles. The first-order valence-corrected chi connectivity index (χ1v) is 7.11. The quantitative estimate of drug-likeness (QED) is 0.755. The van der Waals surface area contributed by atoms with Gasteiger partial charge in [0.05, 0.1) is 0 Å². The average molecular weight is 236 g/mol. The molecule has 1 aliphatic carbocycles. The van der Waals surface area contributed by atoms with Gasteiger partial charge in [-0.3, -0.25) is 4.90 Å². The van der Waals surface area contributed by atoms with Crippen molar-refractivity contribution >= 4 is 0 Å². The molecule has 2 heteroatoms. The predicted octanol–water partition coefficient (Wildman–Crippen LogP) is 2.66. The van der Waals surface area contributed by atoms with E-state index in [0.717, 1.165) is 18.4 Å². The molecule has 0 radical (unpaired) electrons. The molecule has 0 spiro atoms. The molecule has 3 atom stereocenters. The van der Waals surface area contributed by atoms with Crippen molar-refractivity contribution in [1.82, 2.24) is 10.2 Å². The molecule has 0 aromatic heterocycles. The maximum atomic E-state index is 3.89. The fraction of sp³-hybridized carbons (Fsp3) is 0.867. The van der Waals surface area contributed by atoms with Crippen LogP contribution in [0.4, 0.5) is 0 Å². The Hall–Kier alpha value is -0.340. The van der Waals surface area contributed by atoms with Crippen molar-refractivity contribution in [2.75, 3.05) is 19.6 Å². The zero-order valence-corrected chi connectivity index (χ0v) is 11.7. The van der Waals surface area contributed by atoms with Gasteiger partial charge >= 0.3 is 0 Å². The number of hydrogen-bond acceptors (Lipinski definition) is 2. The van der Waals surface area contributed by atoms with E-state index in [-0.39, 0.29) is 5.54 Å². The molecule has 98 valence electrons. The Kier molecular flexibility index (Phi) is 3.94. The molecule has 2 aliphatic rings. The van der Waals surface area contributed by atoms with Crippen molar-refractivity contribution in [2.24, 2.45) is 11.8 Å². The Labute approximate surface area is 106 Å². The van der Waals surface area contributed by atoms with Crippen LogP contribution in [0.1, 0.15) is 40.0 Å². The fourth-order valence-electron chi connectivity index (χ4n) is 3.52. The standard InChI is InChI=1S/C15H28N2/c1-5-9-17(15(2,3)4)11-14-13-8-6-7-12(13)10-16-14/h5,12-14,16H,1,6-11H2,2-4H3. The first kappa shape index (κ1) is 13.1. The third-order valence-corrected chi connectivity index (χ3v) is 4.59. The van der Waals surface area contributed by atoms with Crippen molar-refractivity contribution in [1.29, 1.82) is 0 Å². The van der Waals surface area contributed by atoms with Crippen LogP contribution in [0, 0.1) is 11.8 Å². The summed E-state index contributed by atoms with van der Waals surface area (Å²) in [4.78, 5) is 2.55. The first-order valence-electron chi connectivity index (χ1n) is 7.11. The molecule has 0 amide bonds. The Morgan fingerprint density at radius 1 is 1.35 bits per heavy atom. The van der Waals surface area contributed by atoms with Crippen LogP contribution in [-0.2, 0) is 0 Å². The topological polar surface area (TPSA) is 15.3 Å². The van der Waals surface area contributed by atoms with E-state index >= 15 is 0 Å². The summed E-state index contributed by atoms with van der Waals surface area (Å²) in [6.45, 7) is 14.2. The number of hydrogen-bond donors (Lipinski definition) is 1. The van der Waals surface area contributed by atoms with Crippen LogP contribution in [0.5, 0.6) is 0 Å². The van der Waals surface area contributed by atoms with Gasteiger partial charge in [0.1, 0.15) is 0 Å². The molecule has 17 heavy (non-hydrogen) atoms. The third-order valence-electron chi connectivity index (χ3n) is 4.59. The van der Waals surface area contributed by atoms with Gasteiger partial charge in [-0.2, -0.15) is 0 Å². The molecule has 3 unspecified atom stereocenters. The number of nitrogens with one attached hydrogen (secondary N) is 1. The van der Waals surface area contributed by atoms with Gasteiger partial charge in [0.25, 0.3) is 0 Å². The zero-order chi connectivity index (χ0) is 12.5. The van der Waals surface area contributed by atoms with Crippen LogP contribution in [-0.4, -0.2) is 36.1 Å². The SMILES string of the molecule is C=CCN(CC1NCC2CCCC21)C(C)(C)C. The predicted molar refractivity (Wildman–Crippen MR) is 74.1 cm³/mol. The molecule has 0 aromatic rings. The van der Waals surface area contributed by atoms with E-state index < -0.39 is 0 Å². The number of fused-ring (bicyclic) bond motifs is 1. The zero-order valence-electron chi connectivity index (χ0n) is 11.7. The van der Waals surface area contributed by atoms with Gasteiger partial charge in [0.15, 0.2) is 0 Å². The third kappa shape index (κ3) is 2.92. The van der Waals surface area contributed by atoms with Gasteiger partial charge in [-0.15, -0.1) is 6.58 Å². The summed E-state index contributed by atoms with van der Waals surface area (Å²) in [5.74, 6) is 1.90. The lowest BCUT2D eigenvalue weighted by molar-refractivity contribution is 0.130. The van der Waals surface area contributed by atoms with Crippen molar-refractivity contribution < 1.29 is 0 Å². The molecular formula is C15H28N2. The maximum Gasteiger partial charge on any atom is 0.0226 e. The Balaban J connectivity index is 1.96. The summed E-state index contributed by atoms with van der Waals surface area (Å²) in [6, 6.07) is 0.710. The second-order valence-electron chi connectivity index (χ2n) is 6.73. The smallest absolute Gasteiger partial charge is 0.0226 e. The van der Waals surface area contributed by atoms with Gasteiger partial charge in [-0.25, -0.2) is 0 Å². The summed E-state index contributed by atoms with van der Waals surface area (Å²) < 4.78 is 0. The van der Waals surface area contributed by atoms with Crippen LogP contribution < -0.4 is 5.32 Å². The second-order valence-corrected chi connectivity index (χ2v) is 6.73. The molecule has 1 aliphatic heterocycles. The highest BCUT2D eigenvalue weighted by Gasteiger charge is 2.40. The van der Waals surface area contributed by atoms with Crippen LogP contribution >= 0.6 is 0 Å². The highest BCUT2D eigenvalue weighted by molar-refractivity contribution is 4.97. The first-order chi connectivity index (χ1) is 8.02. The lowest BCUT2D eigenvalue weighted by Gasteiger charge is -2.37. The fourth-order valence-corrected chi connectivity index (χ4v) is 3.52.